The van der Waals surface area contributed by atoms with Gasteiger partial charge in [0.15, 0.2) is 0 Å². The molecular weight excluding hydrogens is 409 g/mol. The van der Waals surface area contributed by atoms with Crippen LogP contribution < -0.4 is 15.5 Å². The molecule has 0 saturated carbocycles. The van der Waals surface area contributed by atoms with E-state index < -0.39 is 17.6 Å². The van der Waals surface area contributed by atoms with E-state index in [4.69, 9.17) is 0 Å². The first-order valence-corrected chi connectivity index (χ1v) is 9.94. The largest absolute Gasteiger partial charge is 0.350 e. The average Bonchev–Trinajstić information content (AvgIpc) is 3.00. The fraction of sp³-hybridized carbons (Fsp3) is 0.0800. The lowest BCUT2D eigenvalue weighted by Gasteiger charge is -2.15. The zero-order valence-electron chi connectivity index (χ0n) is 17.5. The SMILES string of the molecule is CC(=O)Nc1ccc(C2=C(Nc3ccc(C)cc3)C(=O)N(c3ccc(F)cc3)C2=O)cc1. The van der Waals surface area contributed by atoms with Crippen LogP contribution in [0.1, 0.15) is 18.1 Å². The normalized spacial score (nSPS) is 13.5. The Morgan fingerprint density at radius 1 is 0.812 bits per heavy atom. The Kier molecular flexibility index (Phi) is 5.55. The number of benzene rings is 3. The number of anilines is 3. The molecule has 1 aliphatic heterocycles. The molecule has 0 atom stereocenters. The number of carbonyl (C=O) groups excluding carboxylic acids is 3. The number of hydrogen-bond acceptors (Lipinski definition) is 4. The Morgan fingerprint density at radius 2 is 1.41 bits per heavy atom. The molecule has 160 valence electrons. The summed E-state index contributed by atoms with van der Waals surface area (Å²) in [5.74, 6) is -1.74. The van der Waals surface area contributed by atoms with E-state index in [0.29, 0.717) is 16.9 Å². The van der Waals surface area contributed by atoms with Crippen LogP contribution in [0.4, 0.5) is 21.5 Å². The summed E-state index contributed by atoms with van der Waals surface area (Å²) >= 11 is 0. The molecule has 3 aromatic carbocycles. The summed E-state index contributed by atoms with van der Waals surface area (Å²) in [6.07, 6.45) is 0. The van der Waals surface area contributed by atoms with E-state index in [1.54, 1.807) is 24.3 Å². The van der Waals surface area contributed by atoms with Gasteiger partial charge in [-0.1, -0.05) is 29.8 Å². The van der Waals surface area contributed by atoms with Crippen LogP contribution in [0.5, 0.6) is 0 Å². The average molecular weight is 429 g/mol. The van der Waals surface area contributed by atoms with Gasteiger partial charge < -0.3 is 10.6 Å². The van der Waals surface area contributed by atoms with E-state index in [1.807, 2.05) is 31.2 Å². The van der Waals surface area contributed by atoms with Gasteiger partial charge >= 0.3 is 0 Å². The molecule has 0 spiro atoms. The molecule has 0 aromatic heterocycles. The topological polar surface area (TPSA) is 78.5 Å². The minimum absolute atomic E-state index is 0.121. The highest BCUT2D eigenvalue weighted by Gasteiger charge is 2.40. The summed E-state index contributed by atoms with van der Waals surface area (Å²) in [5, 5.41) is 5.75. The first kappa shape index (κ1) is 21.0. The summed E-state index contributed by atoms with van der Waals surface area (Å²) in [6, 6.07) is 19.2. The minimum Gasteiger partial charge on any atom is -0.350 e. The fourth-order valence-electron chi connectivity index (χ4n) is 3.44. The van der Waals surface area contributed by atoms with Crippen molar-refractivity contribution in [3.05, 3.63) is 95.4 Å². The van der Waals surface area contributed by atoms with Crippen molar-refractivity contribution < 1.29 is 18.8 Å². The van der Waals surface area contributed by atoms with Gasteiger partial charge in [-0.25, -0.2) is 9.29 Å². The van der Waals surface area contributed by atoms with Gasteiger partial charge in [-0.2, -0.15) is 0 Å². The van der Waals surface area contributed by atoms with Crippen molar-refractivity contribution in [3.63, 3.8) is 0 Å². The van der Waals surface area contributed by atoms with Crippen molar-refractivity contribution in [3.8, 4) is 0 Å². The molecular formula is C25H20FN3O3. The lowest BCUT2D eigenvalue weighted by atomic mass is 10.0. The number of halogens is 1. The van der Waals surface area contributed by atoms with Crippen molar-refractivity contribution >= 4 is 40.4 Å². The van der Waals surface area contributed by atoms with Crippen LogP contribution in [0.2, 0.25) is 0 Å². The molecule has 0 saturated heterocycles. The standard InChI is InChI=1S/C25H20FN3O3/c1-15-3-9-20(10-4-15)28-23-22(17-5-11-19(12-6-17)27-16(2)30)24(31)29(25(23)32)21-13-7-18(26)8-14-21/h3-14,28H,1-2H3,(H,27,30). The number of amides is 3. The second kappa shape index (κ2) is 8.47. The Bertz CT molecular complexity index is 1230. The third kappa shape index (κ3) is 4.13. The first-order valence-electron chi connectivity index (χ1n) is 9.94. The van der Waals surface area contributed by atoms with E-state index in [2.05, 4.69) is 10.6 Å². The monoisotopic (exact) mass is 429 g/mol. The van der Waals surface area contributed by atoms with Crippen molar-refractivity contribution in [2.24, 2.45) is 0 Å². The molecule has 32 heavy (non-hydrogen) atoms. The smallest absolute Gasteiger partial charge is 0.282 e. The Morgan fingerprint density at radius 3 is 2.00 bits per heavy atom. The van der Waals surface area contributed by atoms with E-state index in [-0.39, 0.29) is 22.9 Å². The summed E-state index contributed by atoms with van der Waals surface area (Å²) in [4.78, 5) is 39.0. The summed E-state index contributed by atoms with van der Waals surface area (Å²) in [5.41, 5.74) is 3.37. The number of nitrogens with one attached hydrogen (secondary N) is 2. The lowest BCUT2D eigenvalue weighted by molar-refractivity contribution is -0.120. The van der Waals surface area contributed by atoms with Gasteiger partial charge in [-0.05, 0) is 61.0 Å². The molecule has 7 heteroatoms. The number of rotatable bonds is 5. The van der Waals surface area contributed by atoms with Crippen LogP contribution in [-0.4, -0.2) is 17.7 Å². The number of hydrogen-bond donors (Lipinski definition) is 2. The van der Waals surface area contributed by atoms with Crippen LogP contribution in [-0.2, 0) is 14.4 Å². The number of imide groups is 1. The molecule has 0 unspecified atom stereocenters. The van der Waals surface area contributed by atoms with Gasteiger partial charge in [0.2, 0.25) is 5.91 Å². The van der Waals surface area contributed by atoms with Crippen molar-refractivity contribution in [1.82, 2.24) is 0 Å². The highest BCUT2D eigenvalue weighted by molar-refractivity contribution is 6.46. The van der Waals surface area contributed by atoms with E-state index in [1.165, 1.54) is 31.2 Å². The van der Waals surface area contributed by atoms with Crippen LogP contribution in [0.15, 0.2) is 78.5 Å². The third-order valence-corrected chi connectivity index (χ3v) is 4.98. The molecule has 0 fully saturated rings. The second-order valence-corrected chi connectivity index (χ2v) is 7.42. The Balaban J connectivity index is 1.77. The zero-order valence-corrected chi connectivity index (χ0v) is 17.5. The zero-order chi connectivity index (χ0) is 22.8. The predicted molar refractivity (Wildman–Crippen MR) is 121 cm³/mol. The molecule has 6 nitrogen and oxygen atoms in total. The molecule has 0 aliphatic carbocycles. The van der Waals surface area contributed by atoms with Crippen LogP contribution in [0.25, 0.3) is 5.57 Å². The summed E-state index contributed by atoms with van der Waals surface area (Å²) in [7, 11) is 0. The van der Waals surface area contributed by atoms with Crippen LogP contribution >= 0.6 is 0 Å². The molecule has 0 radical (unpaired) electrons. The van der Waals surface area contributed by atoms with Gasteiger partial charge in [0.25, 0.3) is 11.8 Å². The predicted octanol–water partition coefficient (Wildman–Crippen LogP) is 4.49. The van der Waals surface area contributed by atoms with Crippen molar-refractivity contribution in [1.29, 1.82) is 0 Å². The number of aryl methyl sites for hydroxylation is 1. The van der Waals surface area contributed by atoms with Gasteiger partial charge in [-0.15, -0.1) is 0 Å². The second-order valence-electron chi connectivity index (χ2n) is 7.42. The maximum absolute atomic E-state index is 13.4. The van der Waals surface area contributed by atoms with Crippen LogP contribution in [0.3, 0.4) is 0 Å². The summed E-state index contributed by atoms with van der Waals surface area (Å²) < 4.78 is 13.4. The van der Waals surface area contributed by atoms with E-state index in [9.17, 15) is 18.8 Å². The minimum atomic E-state index is -0.539. The van der Waals surface area contributed by atoms with Gasteiger partial charge in [-0.3, -0.25) is 14.4 Å². The molecule has 0 bridgehead atoms. The van der Waals surface area contributed by atoms with Gasteiger partial charge in [0.05, 0.1) is 11.3 Å². The summed E-state index contributed by atoms with van der Waals surface area (Å²) in [6.45, 7) is 3.35. The molecule has 1 heterocycles. The Hall–Kier alpha value is -4.26. The van der Waals surface area contributed by atoms with Crippen LogP contribution in [0, 0.1) is 12.7 Å². The van der Waals surface area contributed by atoms with Gasteiger partial charge in [0.1, 0.15) is 11.5 Å². The highest BCUT2D eigenvalue weighted by atomic mass is 19.1. The highest BCUT2D eigenvalue weighted by Crippen LogP contribution is 2.34. The molecule has 1 aliphatic rings. The quantitative estimate of drug-likeness (QED) is 0.586. The lowest BCUT2D eigenvalue weighted by Crippen LogP contribution is -2.32. The third-order valence-electron chi connectivity index (χ3n) is 4.98. The first-order chi connectivity index (χ1) is 15.3. The maximum Gasteiger partial charge on any atom is 0.282 e. The maximum atomic E-state index is 13.4. The van der Waals surface area contributed by atoms with E-state index in [0.717, 1.165) is 10.5 Å². The van der Waals surface area contributed by atoms with Crippen molar-refractivity contribution in [2.45, 2.75) is 13.8 Å². The number of carbonyl (C=O) groups is 3. The van der Waals surface area contributed by atoms with Gasteiger partial charge in [0, 0.05) is 18.3 Å². The molecule has 2 N–H and O–H groups in total. The number of nitrogens with zero attached hydrogens (tertiary/aromatic N) is 1. The van der Waals surface area contributed by atoms with Crippen molar-refractivity contribution in [2.75, 3.05) is 15.5 Å². The fourth-order valence-corrected chi connectivity index (χ4v) is 3.44. The van der Waals surface area contributed by atoms with E-state index >= 15 is 0 Å². The molecule has 4 rings (SSSR count). The molecule has 3 aromatic rings. The molecule has 3 amide bonds. The Labute approximate surface area is 184 Å².